The molecular weight excluding hydrogens is 155 g/mol. The topological polar surface area (TPSA) is 69.9 Å². The minimum Gasteiger partial charge on any atom is -0.394 e. The monoisotopic (exact) mass is 166 g/mol. The van der Waals surface area contributed by atoms with Crippen LogP contribution in [0.25, 0.3) is 0 Å². The van der Waals surface area contributed by atoms with Crippen LogP contribution in [0.3, 0.4) is 0 Å². The third kappa shape index (κ3) is 1.67. The number of aliphatic hydroxyl groups excluding tert-OH is 3. The number of ether oxygens (including phenoxy) is 1. The lowest BCUT2D eigenvalue weighted by atomic mass is 10.0. The molecule has 1 heterocycles. The van der Waals surface area contributed by atoms with E-state index in [-0.39, 0.29) is 6.61 Å². The van der Waals surface area contributed by atoms with E-state index >= 15 is 0 Å². The molecule has 3 unspecified atom stereocenters. The van der Waals surface area contributed by atoms with Crippen LogP contribution in [0, 0.1) is 0 Å². The van der Waals surface area contributed by atoms with E-state index in [0.717, 1.165) is 0 Å². The average Bonchev–Trinajstić information content (AvgIpc) is 2.01. The van der Waals surface area contributed by atoms with Gasteiger partial charge in [0.05, 0.1) is 13.2 Å². The van der Waals surface area contributed by atoms with E-state index < -0.39 is 31.1 Å². The highest BCUT2D eigenvalue weighted by Crippen LogP contribution is 2.17. The normalized spacial score (nSPS) is 45.8. The molecule has 4 atom stereocenters. The van der Waals surface area contributed by atoms with Gasteiger partial charge in [-0.05, 0) is 0 Å². The first-order valence-electron chi connectivity index (χ1n) is 3.39. The number of halogens is 1. The first kappa shape index (κ1) is 8.86. The van der Waals surface area contributed by atoms with E-state index in [1.807, 2.05) is 0 Å². The standard InChI is InChI=1S/C6H11FO4/c7-5-3(9)2-11-4(1-8)6(5)10/h3-6,8-10H,1-2H2/t3?,4?,5?,6-/m1/s1. The number of aliphatic hydroxyl groups is 3. The summed E-state index contributed by atoms with van der Waals surface area (Å²) in [5, 5.41) is 26.3. The van der Waals surface area contributed by atoms with Gasteiger partial charge in [-0.15, -0.1) is 0 Å². The molecule has 1 fully saturated rings. The second-order valence-electron chi connectivity index (χ2n) is 2.56. The van der Waals surface area contributed by atoms with E-state index in [1.54, 1.807) is 0 Å². The molecule has 4 nitrogen and oxygen atoms in total. The molecule has 3 N–H and O–H groups in total. The Morgan fingerprint density at radius 1 is 1.45 bits per heavy atom. The summed E-state index contributed by atoms with van der Waals surface area (Å²) in [5.74, 6) is 0. The Morgan fingerprint density at radius 3 is 2.64 bits per heavy atom. The van der Waals surface area contributed by atoms with Gasteiger partial charge in [0.1, 0.15) is 18.3 Å². The van der Waals surface area contributed by atoms with Crippen molar-refractivity contribution in [3.63, 3.8) is 0 Å². The Kier molecular flexibility index (Phi) is 2.78. The predicted molar refractivity (Wildman–Crippen MR) is 33.7 cm³/mol. The number of hydrogen-bond acceptors (Lipinski definition) is 4. The Bertz CT molecular complexity index is 130. The second kappa shape index (κ2) is 3.44. The molecule has 1 rings (SSSR count). The molecule has 0 bridgehead atoms. The Hall–Kier alpha value is -0.230. The minimum atomic E-state index is -1.72. The maximum atomic E-state index is 12.7. The molecule has 0 aromatic heterocycles. The van der Waals surface area contributed by atoms with E-state index in [2.05, 4.69) is 0 Å². The smallest absolute Gasteiger partial charge is 0.156 e. The molecule has 1 aliphatic heterocycles. The highest BCUT2D eigenvalue weighted by atomic mass is 19.1. The van der Waals surface area contributed by atoms with Gasteiger partial charge in [0, 0.05) is 0 Å². The summed E-state index contributed by atoms with van der Waals surface area (Å²) >= 11 is 0. The maximum Gasteiger partial charge on any atom is 0.156 e. The molecule has 0 radical (unpaired) electrons. The van der Waals surface area contributed by atoms with Crippen LogP contribution in [0.1, 0.15) is 0 Å². The van der Waals surface area contributed by atoms with Crippen molar-refractivity contribution in [2.24, 2.45) is 0 Å². The van der Waals surface area contributed by atoms with Crippen LogP contribution in [0.2, 0.25) is 0 Å². The van der Waals surface area contributed by atoms with Crippen molar-refractivity contribution in [1.82, 2.24) is 0 Å². The van der Waals surface area contributed by atoms with Gasteiger partial charge in [-0.2, -0.15) is 0 Å². The van der Waals surface area contributed by atoms with Gasteiger partial charge in [0.2, 0.25) is 0 Å². The molecule has 0 aliphatic carbocycles. The summed E-state index contributed by atoms with van der Waals surface area (Å²) in [5.41, 5.74) is 0. The van der Waals surface area contributed by atoms with E-state index in [1.165, 1.54) is 0 Å². The van der Waals surface area contributed by atoms with Crippen LogP contribution in [0.4, 0.5) is 4.39 Å². The molecule has 0 saturated carbocycles. The predicted octanol–water partition coefficient (Wildman–Crippen LogP) is -1.56. The zero-order chi connectivity index (χ0) is 8.43. The summed E-state index contributed by atoms with van der Waals surface area (Å²) < 4.78 is 17.4. The fourth-order valence-corrected chi connectivity index (χ4v) is 1.01. The van der Waals surface area contributed by atoms with Crippen LogP contribution < -0.4 is 0 Å². The van der Waals surface area contributed by atoms with Gasteiger partial charge in [0.25, 0.3) is 0 Å². The molecule has 0 amide bonds. The van der Waals surface area contributed by atoms with Crippen molar-refractivity contribution < 1.29 is 24.4 Å². The van der Waals surface area contributed by atoms with E-state index in [0.29, 0.717) is 0 Å². The number of hydrogen-bond donors (Lipinski definition) is 3. The van der Waals surface area contributed by atoms with Crippen molar-refractivity contribution in [2.45, 2.75) is 24.5 Å². The van der Waals surface area contributed by atoms with Crippen LogP contribution >= 0.6 is 0 Å². The lowest BCUT2D eigenvalue weighted by Crippen LogP contribution is -2.52. The lowest BCUT2D eigenvalue weighted by Gasteiger charge is -2.32. The summed E-state index contributed by atoms with van der Waals surface area (Å²) in [6.45, 7) is -0.613. The van der Waals surface area contributed by atoms with Crippen molar-refractivity contribution in [2.75, 3.05) is 13.2 Å². The maximum absolute atomic E-state index is 12.7. The zero-order valence-corrected chi connectivity index (χ0v) is 5.85. The molecule has 11 heavy (non-hydrogen) atoms. The fraction of sp³-hybridized carbons (Fsp3) is 1.00. The molecule has 5 heteroatoms. The highest BCUT2D eigenvalue weighted by molar-refractivity contribution is 4.86. The molecule has 0 spiro atoms. The van der Waals surface area contributed by atoms with Crippen LogP contribution in [-0.2, 0) is 4.74 Å². The van der Waals surface area contributed by atoms with Crippen LogP contribution in [0.5, 0.6) is 0 Å². The van der Waals surface area contributed by atoms with Gasteiger partial charge in [-0.1, -0.05) is 0 Å². The van der Waals surface area contributed by atoms with Crippen LogP contribution in [0.15, 0.2) is 0 Å². The fourth-order valence-electron chi connectivity index (χ4n) is 1.01. The van der Waals surface area contributed by atoms with Gasteiger partial charge < -0.3 is 20.1 Å². The van der Waals surface area contributed by atoms with Gasteiger partial charge in [-0.25, -0.2) is 4.39 Å². The lowest BCUT2D eigenvalue weighted by molar-refractivity contribution is -0.174. The SMILES string of the molecule is OCC1OCC(O)C(F)[C@@H]1O. The quantitative estimate of drug-likeness (QED) is 0.440. The summed E-state index contributed by atoms with van der Waals surface area (Å²) in [7, 11) is 0. The molecule has 66 valence electrons. The van der Waals surface area contributed by atoms with Gasteiger partial charge in [-0.3, -0.25) is 0 Å². The summed E-state index contributed by atoms with van der Waals surface area (Å²) in [6.07, 6.45) is -5.34. The summed E-state index contributed by atoms with van der Waals surface area (Å²) in [6, 6.07) is 0. The molecule has 1 saturated heterocycles. The van der Waals surface area contributed by atoms with Gasteiger partial charge in [0.15, 0.2) is 6.17 Å². The van der Waals surface area contributed by atoms with E-state index in [9.17, 15) is 4.39 Å². The second-order valence-corrected chi connectivity index (χ2v) is 2.56. The summed E-state index contributed by atoms with van der Waals surface area (Å²) in [4.78, 5) is 0. The Morgan fingerprint density at radius 2 is 2.09 bits per heavy atom. The van der Waals surface area contributed by atoms with Crippen molar-refractivity contribution in [3.8, 4) is 0 Å². The highest BCUT2D eigenvalue weighted by Gasteiger charge is 2.38. The largest absolute Gasteiger partial charge is 0.394 e. The minimum absolute atomic E-state index is 0.177. The number of alkyl halides is 1. The first-order valence-corrected chi connectivity index (χ1v) is 3.39. The zero-order valence-electron chi connectivity index (χ0n) is 5.85. The van der Waals surface area contributed by atoms with Crippen molar-refractivity contribution in [1.29, 1.82) is 0 Å². The number of rotatable bonds is 1. The van der Waals surface area contributed by atoms with Crippen molar-refractivity contribution >= 4 is 0 Å². The van der Waals surface area contributed by atoms with E-state index in [4.69, 9.17) is 20.1 Å². The Balaban J connectivity index is 2.52. The van der Waals surface area contributed by atoms with Crippen molar-refractivity contribution in [3.05, 3.63) is 0 Å². The van der Waals surface area contributed by atoms with Crippen LogP contribution in [-0.4, -0.2) is 53.0 Å². The van der Waals surface area contributed by atoms with Gasteiger partial charge >= 0.3 is 0 Å². The Labute approximate surface area is 63.2 Å². The first-order chi connectivity index (χ1) is 5.16. The molecule has 0 aromatic rings. The third-order valence-electron chi connectivity index (χ3n) is 1.74. The third-order valence-corrected chi connectivity index (χ3v) is 1.74. The average molecular weight is 166 g/mol. The molecule has 1 aliphatic rings. The molecular formula is C6H11FO4. The molecule has 0 aromatic carbocycles.